The maximum absolute atomic E-state index is 5.74. The highest BCUT2D eigenvalue weighted by Gasteiger charge is 2.58. The van der Waals surface area contributed by atoms with Crippen molar-refractivity contribution in [2.45, 2.75) is 65.6 Å². The van der Waals surface area contributed by atoms with E-state index >= 15 is 0 Å². The summed E-state index contributed by atoms with van der Waals surface area (Å²) in [4.78, 5) is 0. The fourth-order valence-electron chi connectivity index (χ4n) is 5.92. The highest BCUT2D eigenvalue weighted by Crippen LogP contribution is 2.59. The summed E-state index contributed by atoms with van der Waals surface area (Å²) in [7, 11) is 3.65. The van der Waals surface area contributed by atoms with Crippen molar-refractivity contribution in [2.24, 2.45) is 23.7 Å². The molecule has 0 atom stereocenters. The molecule has 6 rings (SSSR count). The molecule has 0 unspecified atom stereocenters. The maximum Gasteiger partial charge on any atom is 0.173 e. The molecule has 0 N–H and O–H groups in total. The van der Waals surface area contributed by atoms with Gasteiger partial charge in [-0.1, -0.05) is 48.5 Å². The van der Waals surface area contributed by atoms with Crippen LogP contribution < -0.4 is 0 Å². The molecule has 2 aromatic rings. The minimum Gasteiger partial charge on any atom is -0.353 e. The fourth-order valence-corrected chi connectivity index (χ4v) is 5.92. The monoisotopic (exact) mass is 408 g/mol. The summed E-state index contributed by atoms with van der Waals surface area (Å²) in [6.45, 7) is 8.48. The van der Waals surface area contributed by atoms with Gasteiger partial charge < -0.3 is 9.47 Å². The molecule has 0 radical (unpaired) electrons. The minimum atomic E-state index is -0.215. The van der Waals surface area contributed by atoms with Gasteiger partial charge in [-0.25, -0.2) is 0 Å². The number of ether oxygens (including phenoxy) is 2. The summed E-state index contributed by atoms with van der Waals surface area (Å²) in [6, 6.07) is 16.7. The van der Waals surface area contributed by atoms with Crippen LogP contribution in [0.5, 0.6) is 0 Å². The van der Waals surface area contributed by atoms with Crippen LogP contribution in [-0.4, -0.2) is 20.0 Å². The lowest BCUT2D eigenvalue weighted by Gasteiger charge is -2.59. The number of aryl methyl sites for hydroxylation is 4. The first-order valence-corrected chi connectivity index (χ1v) is 11.5. The van der Waals surface area contributed by atoms with E-state index in [1.807, 2.05) is 14.2 Å². The van der Waals surface area contributed by atoms with E-state index in [9.17, 15) is 0 Å². The van der Waals surface area contributed by atoms with Gasteiger partial charge in [0.2, 0.25) is 0 Å². The Bertz CT molecular complexity index is 690. The summed E-state index contributed by atoms with van der Waals surface area (Å²) in [5, 5.41) is 0. The molecule has 4 aliphatic rings. The lowest BCUT2D eigenvalue weighted by molar-refractivity contribution is -0.319. The number of rotatable bonds is 2. The zero-order valence-electron chi connectivity index (χ0n) is 19.8. The lowest BCUT2D eigenvalue weighted by Crippen LogP contribution is -2.59. The van der Waals surface area contributed by atoms with Crippen LogP contribution in [0.25, 0.3) is 0 Å². The Kier molecular flexibility index (Phi) is 7.76. The number of hydrogen-bond acceptors (Lipinski definition) is 2. The second kappa shape index (κ2) is 10.1. The molecule has 0 aliphatic heterocycles. The molecule has 0 spiro atoms. The first-order chi connectivity index (χ1) is 14.4. The Balaban J connectivity index is 0.000000138. The van der Waals surface area contributed by atoms with E-state index in [-0.39, 0.29) is 5.79 Å². The van der Waals surface area contributed by atoms with Crippen molar-refractivity contribution in [2.75, 3.05) is 14.2 Å². The molecular formula is C28H40O2. The Hall–Kier alpha value is -1.64. The van der Waals surface area contributed by atoms with E-state index < -0.39 is 0 Å². The summed E-state index contributed by atoms with van der Waals surface area (Å²) in [5.74, 6) is 3.10. The quantitative estimate of drug-likeness (QED) is 0.496. The molecule has 4 fully saturated rings. The summed E-state index contributed by atoms with van der Waals surface area (Å²) >= 11 is 0. The number of hydrogen-bond donors (Lipinski definition) is 0. The van der Waals surface area contributed by atoms with Crippen LogP contribution in [0, 0.1) is 51.4 Å². The lowest BCUT2D eigenvalue weighted by atomic mass is 9.53. The molecule has 4 bridgehead atoms. The number of methoxy groups -OCH3 is 2. The fraction of sp³-hybridized carbons (Fsp3) is 0.571. The summed E-state index contributed by atoms with van der Waals surface area (Å²) < 4.78 is 11.5. The van der Waals surface area contributed by atoms with Gasteiger partial charge in [-0.2, -0.15) is 0 Å². The van der Waals surface area contributed by atoms with Gasteiger partial charge in [-0.3, -0.25) is 0 Å². The SMILES string of the molecule is COC1(OC)C2CC3CC(C2)CC1C3.Cc1ccccc1C.Cc1ccccc1C. The Morgan fingerprint density at radius 2 is 0.867 bits per heavy atom. The van der Waals surface area contributed by atoms with E-state index in [0.717, 1.165) is 11.8 Å². The topological polar surface area (TPSA) is 18.5 Å². The minimum absolute atomic E-state index is 0.215. The van der Waals surface area contributed by atoms with Crippen molar-refractivity contribution in [1.29, 1.82) is 0 Å². The van der Waals surface area contributed by atoms with Crippen molar-refractivity contribution >= 4 is 0 Å². The molecule has 0 amide bonds. The molecule has 2 heteroatoms. The first kappa shape index (κ1) is 23.0. The highest BCUT2D eigenvalue weighted by molar-refractivity contribution is 5.24. The van der Waals surface area contributed by atoms with Crippen molar-refractivity contribution in [3.63, 3.8) is 0 Å². The molecule has 164 valence electrons. The first-order valence-electron chi connectivity index (χ1n) is 11.5. The number of benzene rings is 2. The molecular weight excluding hydrogens is 368 g/mol. The van der Waals surface area contributed by atoms with Crippen molar-refractivity contribution < 1.29 is 9.47 Å². The Labute approximate surface area is 184 Å². The van der Waals surface area contributed by atoms with E-state index in [0.29, 0.717) is 11.8 Å². The Morgan fingerprint density at radius 1 is 0.567 bits per heavy atom. The van der Waals surface area contributed by atoms with Gasteiger partial charge in [0.25, 0.3) is 0 Å². The van der Waals surface area contributed by atoms with Crippen molar-refractivity contribution in [3.8, 4) is 0 Å². The third-order valence-electron chi connectivity index (χ3n) is 7.77. The van der Waals surface area contributed by atoms with Gasteiger partial charge in [0.1, 0.15) is 0 Å². The van der Waals surface area contributed by atoms with Crippen LogP contribution in [0.15, 0.2) is 48.5 Å². The zero-order valence-corrected chi connectivity index (χ0v) is 19.8. The predicted octanol–water partition coefficient (Wildman–Crippen LogP) is 7.04. The van der Waals surface area contributed by atoms with Gasteiger partial charge >= 0.3 is 0 Å². The second-order valence-corrected chi connectivity index (χ2v) is 9.60. The van der Waals surface area contributed by atoms with Crippen molar-refractivity contribution in [3.05, 3.63) is 70.8 Å². The van der Waals surface area contributed by atoms with E-state index in [1.54, 1.807) is 0 Å². The molecule has 0 saturated heterocycles. The van der Waals surface area contributed by atoms with Gasteiger partial charge in [0.05, 0.1) is 0 Å². The molecule has 4 aliphatic carbocycles. The van der Waals surface area contributed by atoms with E-state index in [2.05, 4.69) is 76.2 Å². The molecule has 0 aromatic heterocycles. The van der Waals surface area contributed by atoms with Crippen LogP contribution in [-0.2, 0) is 9.47 Å². The standard InChI is InChI=1S/C12H20O2.2C8H10/c1-13-12(14-2)10-4-8-3-9(6-10)7-11(12)5-8;2*1-7-5-3-4-6-8(7)2/h8-11H,3-7H2,1-2H3;2*3-6H,1-2H3. The molecule has 30 heavy (non-hydrogen) atoms. The average Bonchev–Trinajstić information content (AvgIpc) is 2.74. The van der Waals surface area contributed by atoms with Crippen LogP contribution in [0.1, 0.15) is 54.4 Å². The normalized spacial score (nSPS) is 27.5. The van der Waals surface area contributed by atoms with E-state index in [1.165, 1.54) is 54.4 Å². The summed E-state index contributed by atoms with van der Waals surface area (Å²) in [5.41, 5.74) is 5.47. The zero-order chi connectivity index (χ0) is 21.7. The average molecular weight is 409 g/mol. The molecule has 0 heterocycles. The van der Waals surface area contributed by atoms with Crippen LogP contribution in [0.4, 0.5) is 0 Å². The third-order valence-corrected chi connectivity index (χ3v) is 7.77. The van der Waals surface area contributed by atoms with Gasteiger partial charge in [0.15, 0.2) is 5.79 Å². The third kappa shape index (κ3) is 4.98. The van der Waals surface area contributed by atoms with Crippen molar-refractivity contribution in [1.82, 2.24) is 0 Å². The highest BCUT2D eigenvalue weighted by atomic mass is 16.7. The van der Waals surface area contributed by atoms with Gasteiger partial charge in [0, 0.05) is 26.1 Å². The smallest absolute Gasteiger partial charge is 0.173 e. The second-order valence-electron chi connectivity index (χ2n) is 9.60. The molecule has 2 nitrogen and oxygen atoms in total. The molecule has 4 saturated carbocycles. The molecule has 2 aromatic carbocycles. The summed E-state index contributed by atoms with van der Waals surface area (Å²) in [6.07, 6.45) is 6.85. The van der Waals surface area contributed by atoms with Crippen LogP contribution in [0.3, 0.4) is 0 Å². The van der Waals surface area contributed by atoms with E-state index in [4.69, 9.17) is 9.47 Å². The largest absolute Gasteiger partial charge is 0.353 e. The Morgan fingerprint density at radius 3 is 1.10 bits per heavy atom. The van der Waals surface area contributed by atoms with Gasteiger partial charge in [-0.05, 0) is 93.9 Å². The van der Waals surface area contributed by atoms with Crippen LogP contribution >= 0.6 is 0 Å². The predicted molar refractivity (Wildman–Crippen MR) is 126 cm³/mol. The maximum atomic E-state index is 5.74. The van der Waals surface area contributed by atoms with Crippen LogP contribution in [0.2, 0.25) is 0 Å². The van der Waals surface area contributed by atoms with Gasteiger partial charge in [-0.15, -0.1) is 0 Å².